The first-order valence-corrected chi connectivity index (χ1v) is 16.4. The molecule has 2 aromatic carbocycles. The summed E-state index contributed by atoms with van der Waals surface area (Å²) in [5.41, 5.74) is 1.95. The molecular formula is C33H48BrClN2O3S. The molecule has 0 aromatic heterocycles. The SMILES string of the molecule is Br.CCCCCCCCCCCCCCOc1ccc(OCC(=O)Nc2ccc(CN3C=C(C)SC3)cc2)c(Cl)c1. The van der Waals surface area contributed by atoms with Crippen LogP contribution >= 0.6 is 40.3 Å². The number of allylic oxidation sites excluding steroid dienone is 1. The number of anilines is 1. The third kappa shape index (κ3) is 14.8. The number of hydrogen-bond acceptors (Lipinski definition) is 5. The maximum atomic E-state index is 12.4. The van der Waals surface area contributed by atoms with E-state index in [1.165, 1.54) is 81.1 Å². The van der Waals surface area contributed by atoms with Crippen molar-refractivity contribution in [1.29, 1.82) is 0 Å². The predicted octanol–water partition coefficient (Wildman–Crippen LogP) is 10.4. The topological polar surface area (TPSA) is 50.8 Å². The van der Waals surface area contributed by atoms with Crippen LogP contribution in [0.5, 0.6) is 11.5 Å². The molecule has 228 valence electrons. The van der Waals surface area contributed by atoms with E-state index in [0.29, 0.717) is 17.4 Å². The van der Waals surface area contributed by atoms with Crippen LogP contribution in [0, 0.1) is 0 Å². The van der Waals surface area contributed by atoms with E-state index in [9.17, 15) is 4.79 Å². The van der Waals surface area contributed by atoms with Crippen LogP contribution in [-0.4, -0.2) is 29.9 Å². The van der Waals surface area contributed by atoms with Gasteiger partial charge in [-0.15, -0.1) is 28.7 Å². The number of ether oxygens (including phenoxy) is 2. The molecule has 5 nitrogen and oxygen atoms in total. The van der Waals surface area contributed by atoms with Gasteiger partial charge < -0.3 is 19.7 Å². The molecule has 1 aliphatic rings. The fourth-order valence-corrected chi connectivity index (χ4v) is 5.68. The second-order valence-corrected chi connectivity index (χ2v) is 12.2. The van der Waals surface area contributed by atoms with E-state index >= 15 is 0 Å². The number of benzene rings is 2. The monoisotopic (exact) mass is 666 g/mol. The summed E-state index contributed by atoms with van der Waals surface area (Å²) in [5.74, 6) is 1.95. The maximum absolute atomic E-state index is 12.4. The summed E-state index contributed by atoms with van der Waals surface area (Å²) in [5, 5.41) is 3.32. The van der Waals surface area contributed by atoms with Gasteiger partial charge in [0.1, 0.15) is 11.5 Å². The van der Waals surface area contributed by atoms with Crippen molar-refractivity contribution in [3.05, 3.63) is 64.2 Å². The third-order valence-electron chi connectivity index (χ3n) is 6.97. The lowest BCUT2D eigenvalue weighted by Crippen LogP contribution is -2.20. The lowest BCUT2D eigenvalue weighted by Gasteiger charge is -2.15. The Bertz CT molecular complexity index is 1050. The van der Waals surface area contributed by atoms with Gasteiger partial charge >= 0.3 is 0 Å². The summed E-state index contributed by atoms with van der Waals surface area (Å²) in [7, 11) is 0. The second-order valence-electron chi connectivity index (χ2n) is 10.6. The summed E-state index contributed by atoms with van der Waals surface area (Å²) < 4.78 is 11.5. The van der Waals surface area contributed by atoms with E-state index in [0.717, 1.165) is 30.3 Å². The van der Waals surface area contributed by atoms with E-state index in [1.807, 2.05) is 42.1 Å². The normalized spacial score (nSPS) is 12.6. The van der Waals surface area contributed by atoms with E-state index in [-0.39, 0.29) is 29.5 Å². The first-order valence-electron chi connectivity index (χ1n) is 15.0. The second kappa shape index (κ2) is 21.0. The fourth-order valence-electron chi connectivity index (χ4n) is 4.70. The minimum absolute atomic E-state index is 0. The van der Waals surface area contributed by atoms with Crippen LogP contribution in [0.3, 0.4) is 0 Å². The quantitative estimate of drug-likeness (QED) is 0.142. The molecule has 0 unspecified atom stereocenters. The molecule has 1 amide bonds. The molecule has 0 fully saturated rings. The van der Waals surface area contributed by atoms with Gasteiger partial charge in [-0.3, -0.25) is 4.79 Å². The molecule has 0 bridgehead atoms. The molecule has 0 spiro atoms. The van der Waals surface area contributed by atoms with Gasteiger partial charge in [-0.05, 0) is 48.1 Å². The number of thioether (sulfide) groups is 1. The minimum atomic E-state index is -0.231. The molecule has 2 aromatic rings. The van der Waals surface area contributed by atoms with Crippen molar-refractivity contribution in [2.75, 3.05) is 24.4 Å². The number of unbranched alkanes of at least 4 members (excludes halogenated alkanes) is 11. The Balaban J connectivity index is 0.00000588. The van der Waals surface area contributed by atoms with Crippen molar-refractivity contribution in [2.24, 2.45) is 0 Å². The van der Waals surface area contributed by atoms with Crippen molar-refractivity contribution >= 4 is 51.9 Å². The Kier molecular flexibility index (Phi) is 18.1. The van der Waals surface area contributed by atoms with Gasteiger partial charge in [-0.25, -0.2) is 0 Å². The van der Waals surface area contributed by atoms with Crippen LogP contribution < -0.4 is 14.8 Å². The van der Waals surface area contributed by atoms with Crippen molar-refractivity contribution in [1.82, 2.24) is 4.90 Å². The van der Waals surface area contributed by atoms with Crippen LogP contribution in [0.1, 0.15) is 96.5 Å². The van der Waals surface area contributed by atoms with Gasteiger partial charge in [-0.1, -0.05) is 101 Å². The lowest BCUT2D eigenvalue weighted by atomic mass is 10.1. The third-order valence-corrected chi connectivity index (χ3v) is 8.29. The number of amides is 1. The number of carbonyl (C=O) groups excluding carboxylic acids is 1. The highest BCUT2D eigenvalue weighted by Gasteiger charge is 2.11. The minimum Gasteiger partial charge on any atom is -0.494 e. The fraction of sp³-hybridized carbons (Fsp3) is 0.545. The van der Waals surface area contributed by atoms with Gasteiger partial charge in [-0.2, -0.15) is 0 Å². The van der Waals surface area contributed by atoms with Crippen molar-refractivity contribution in [2.45, 2.75) is 97.4 Å². The zero-order chi connectivity index (χ0) is 28.4. The molecule has 0 radical (unpaired) electrons. The molecule has 41 heavy (non-hydrogen) atoms. The molecule has 0 atom stereocenters. The molecule has 0 saturated carbocycles. The van der Waals surface area contributed by atoms with E-state index in [2.05, 4.69) is 30.3 Å². The van der Waals surface area contributed by atoms with Crippen molar-refractivity contribution in [3.8, 4) is 11.5 Å². The number of nitrogens with one attached hydrogen (secondary N) is 1. The average Bonchev–Trinajstić information content (AvgIpc) is 3.36. The first-order chi connectivity index (χ1) is 19.5. The van der Waals surface area contributed by atoms with Crippen LogP contribution in [0.2, 0.25) is 5.02 Å². The van der Waals surface area contributed by atoms with E-state index in [1.54, 1.807) is 12.1 Å². The molecule has 1 heterocycles. The predicted molar refractivity (Wildman–Crippen MR) is 181 cm³/mol. The maximum Gasteiger partial charge on any atom is 0.262 e. The van der Waals surface area contributed by atoms with Crippen LogP contribution in [-0.2, 0) is 11.3 Å². The number of halogens is 2. The standard InChI is InChI=1S/C33H47ClN2O3S.BrH/c1-3-4-5-6-7-8-9-10-11-12-13-14-21-38-30-19-20-32(31(34)22-30)39-25-33(37)35-29-17-15-28(16-18-29)24-36-23-27(2)40-26-36;/h15-20,22-23H,3-14,21,24-26H2,1-2H3,(H,35,37);1H. The first kappa shape index (κ1) is 35.4. The Morgan fingerprint density at radius 3 is 2.12 bits per heavy atom. The number of nitrogens with zero attached hydrogens (tertiary/aromatic N) is 1. The van der Waals surface area contributed by atoms with Gasteiger partial charge in [0.05, 0.1) is 17.5 Å². The Morgan fingerprint density at radius 1 is 0.902 bits per heavy atom. The van der Waals surface area contributed by atoms with Crippen molar-refractivity contribution in [3.63, 3.8) is 0 Å². The number of rotatable bonds is 20. The highest BCUT2D eigenvalue weighted by atomic mass is 79.9. The largest absolute Gasteiger partial charge is 0.494 e. The molecule has 1 N–H and O–H groups in total. The highest BCUT2D eigenvalue weighted by molar-refractivity contribution is 8.93. The highest BCUT2D eigenvalue weighted by Crippen LogP contribution is 2.29. The smallest absolute Gasteiger partial charge is 0.262 e. The summed E-state index contributed by atoms with van der Waals surface area (Å²) >= 11 is 8.23. The summed E-state index contributed by atoms with van der Waals surface area (Å²) in [6, 6.07) is 13.3. The Hall–Kier alpha value is -1.83. The number of hydrogen-bond donors (Lipinski definition) is 1. The number of carbonyl (C=O) groups is 1. The van der Waals surface area contributed by atoms with Gasteiger partial charge in [0, 0.05) is 24.5 Å². The van der Waals surface area contributed by atoms with Gasteiger partial charge in [0.15, 0.2) is 6.61 Å². The lowest BCUT2D eigenvalue weighted by molar-refractivity contribution is -0.118. The summed E-state index contributed by atoms with van der Waals surface area (Å²) in [4.78, 5) is 16.0. The van der Waals surface area contributed by atoms with Crippen LogP contribution in [0.4, 0.5) is 5.69 Å². The Labute approximate surface area is 267 Å². The average molecular weight is 668 g/mol. The molecule has 0 saturated heterocycles. The van der Waals surface area contributed by atoms with Gasteiger partial charge in [0.2, 0.25) is 0 Å². The zero-order valence-electron chi connectivity index (χ0n) is 24.8. The molecule has 0 aliphatic carbocycles. The van der Waals surface area contributed by atoms with E-state index < -0.39 is 0 Å². The zero-order valence-corrected chi connectivity index (χ0v) is 28.1. The molecular weight excluding hydrogens is 620 g/mol. The summed E-state index contributed by atoms with van der Waals surface area (Å²) in [6.07, 6.45) is 18.1. The Morgan fingerprint density at radius 2 is 1.54 bits per heavy atom. The molecule has 1 aliphatic heterocycles. The van der Waals surface area contributed by atoms with Crippen LogP contribution in [0.15, 0.2) is 53.6 Å². The van der Waals surface area contributed by atoms with E-state index in [4.69, 9.17) is 21.1 Å². The van der Waals surface area contributed by atoms with Gasteiger partial charge in [0.25, 0.3) is 5.91 Å². The summed E-state index contributed by atoms with van der Waals surface area (Å²) in [6.45, 7) is 5.82. The molecule has 3 rings (SSSR count). The molecule has 8 heteroatoms. The van der Waals surface area contributed by atoms with Crippen molar-refractivity contribution < 1.29 is 14.3 Å². The van der Waals surface area contributed by atoms with Crippen LogP contribution in [0.25, 0.3) is 0 Å².